The zero-order valence-corrected chi connectivity index (χ0v) is 8.08. The van der Waals surface area contributed by atoms with Crippen LogP contribution >= 0.6 is 0 Å². The lowest BCUT2D eigenvalue weighted by Crippen LogP contribution is -2.40. The summed E-state index contributed by atoms with van der Waals surface area (Å²) in [6.45, 7) is 2.34. The Balaban J connectivity index is 4.60. The Bertz CT molecular complexity index is 263. The molecular formula is C8H8F6O2. The fourth-order valence-electron chi connectivity index (χ4n) is 0.657. The fraction of sp³-hybridized carbons (Fsp3) is 0.625. The van der Waals surface area contributed by atoms with Crippen LogP contribution in [0.4, 0.5) is 26.3 Å². The molecule has 0 rings (SSSR count). The summed E-state index contributed by atoms with van der Waals surface area (Å²) in [5.41, 5.74) is -0.275. The van der Waals surface area contributed by atoms with E-state index in [4.69, 9.17) is 0 Å². The van der Waals surface area contributed by atoms with Gasteiger partial charge in [0.25, 0.3) is 0 Å². The summed E-state index contributed by atoms with van der Waals surface area (Å²) in [6.07, 6.45) is -11.0. The van der Waals surface area contributed by atoms with Crippen LogP contribution in [0.5, 0.6) is 0 Å². The van der Waals surface area contributed by atoms with E-state index in [1.54, 1.807) is 0 Å². The highest BCUT2D eigenvalue weighted by atomic mass is 19.4. The van der Waals surface area contributed by atoms with Crippen LogP contribution in [-0.2, 0) is 9.53 Å². The molecule has 0 unspecified atom stereocenters. The minimum atomic E-state index is -5.51. The van der Waals surface area contributed by atoms with E-state index < -0.39 is 30.8 Å². The first-order valence-electron chi connectivity index (χ1n) is 3.92. The standard InChI is InChI=1S/C8H8F6O2/c1-4(2)6(15)16-3-5(7(9,10)11)8(12,13)14/h5H,1,3H2,2H3. The van der Waals surface area contributed by atoms with Crippen molar-refractivity contribution in [2.75, 3.05) is 6.61 Å². The van der Waals surface area contributed by atoms with Gasteiger partial charge in [-0.1, -0.05) is 6.58 Å². The SMILES string of the molecule is C=C(C)C(=O)OCC(C(F)(F)F)C(F)(F)F. The van der Waals surface area contributed by atoms with Crippen molar-refractivity contribution < 1.29 is 35.9 Å². The Hall–Kier alpha value is -1.21. The van der Waals surface area contributed by atoms with Crippen molar-refractivity contribution in [3.05, 3.63) is 12.2 Å². The van der Waals surface area contributed by atoms with Crippen molar-refractivity contribution in [3.63, 3.8) is 0 Å². The summed E-state index contributed by atoms with van der Waals surface area (Å²) in [5.74, 6) is -4.97. The van der Waals surface area contributed by atoms with Crippen molar-refractivity contribution in [2.24, 2.45) is 5.92 Å². The molecule has 0 aromatic carbocycles. The van der Waals surface area contributed by atoms with Crippen molar-refractivity contribution in [1.29, 1.82) is 0 Å². The second-order valence-electron chi connectivity index (χ2n) is 3.01. The molecule has 0 bridgehead atoms. The van der Waals surface area contributed by atoms with Crippen LogP contribution in [0.3, 0.4) is 0 Å². The van der Waals surface area contributed by atoms with Crippen molar-refractivity contribution in [1.82, 2.24) is 0 Å². The molecule has 0 N–H and O–H groups in total. The highest BCUT2D eigenvalue weighted by Gasteiger charge is 2.57. The molecular weight excluding hydrogens is 242 g/mol. The summed E-state index contributed by atoms with van der Waals surface area (Å²) in [5, 5.41) is 0. The largest absolute Gasteiger partial charge is 0.461 e. The molecule has 8 heteroatoms. The van der Waals surface area contributed by atoms with Gasteiger partial charge in [0.1, 0.15) is 6.61 Å². The van der Waals surface area contributed by atoms with Gasteiger partial charge < -0.3 is 4.74 Å². The van der Waals surface area contributed by atoms with Crippen molar-refractivity contribution in [3.8, 4) is 0 Å². The number of hydrogen-bond acceptors (Lipinski definition) is 2. The number of alkyl halides is 6. The van der Waals surface area contributed by atoms with E-state index in [1.165, 1.54) is 0 Å². The van der Waals surface area contributed by atoms with E-state index in [9.17, 15) is 31.1 Å². The molecule has 0 spiro atoms. The third-order valence-corrected chi connectivity index (χ3v) is 1.52. The van der Waals surface area contributed by atoms with Crippen molar-refractivity contribution in [2.45, 2.75) is 19.3 Å². The first kappa shape index (κ1) is 14.8. The summed E-state index contributed by atoms with van der Waals surface area (Å²) < 4.78 is 75.4. The van der Waals surface area contributed by atoms with Gasteiger partial charge in [-0.05, 0) is 6.92 Å². The predicted octanol–water partition coefficient (Wildman–Crippen LogP) is 2.85. The fourth-order valence-corrected chi connectivity index (χ4v) is 0.657. The topological polar surface area (TPSA) is 26.3 Å². The van der Waals surface area contributed by atoms with Gasteiger partial charge in [-0.15, -0.1) is 0 Å². The summed E-state index contributed by atoms with van der Waals surface area (Å²) >= 11 is 0. The Kier molecular flexibility index (Phi) is 4.39. The van der Waals surface area contributed by atoms with Crippen LogP contribution in [0.1, 0.15) is 6.92 Å². The van der Waals surface area contributed by atoms with Gasteiger partial charge >= 0.3 is 18.3 Å². The van der Waals surface area contributed by atoms with Gasteiger partial charge in [0, 0.05) is 5.57 Å². The molecule has 94 valence electrons. The second-order valence-corrected chi connectivity index (χ2v) is 3.01. The van der Waals surface area contributed by atoms with E-state index in [0.29, 0.717) is 0 Å². The average molecular weight is 250 g/mol. The smallest absolute Gasteiger partial charge is 0.403 e. The second kappa shape index (κ2) is 4.75. The Morgan fingerprint density at radius 2 is 1.56 bits per heavy atom. The monoisotopic (exact) mass is 250 g/mol. The minimum absolute atomic E-state index is 0.275. The number of ether oxygens (including phenoxy) is 1. The van der Waals surface area contributed by atoms with E-state index in [1.807, 2.05) is 0 Å². The normalized spacial score (nSPS) is 12.8. The summed E-state index contributed by atoms with van der Waals surface area (Å²) in [7, 11) is 0. The first-order valence-corrected chi connectivity index (χ1v) is 3.92. The van der Waals surface area contributed by atoms with Gasteiger partial charge in [-0.25, -0.2) is 4.79 Å². The van der Waals surface area contributed by atoms with Crippen LogP contribution < -0.4 is 0 Å². The molecule has 16 heavy (non-hydrogen) atoms. The van der Waals surface area contributed by atoms with Gasteiger partial charge in [0.2, 0.25) is 0 Å². The number of rotatable bonds is 3. The maximum atomic E-state index is 11.9. The Morgan fingerprint density at radius 3 is 1.81 bits per heavy atom. The van der Waals surface area contributed by atoms with Crippen molar-refractivity contribution >= 4 is 5.97 Å². The molecule has 2 nitrogen and oxygen atoms in total. The molecule has 0 aliphatic heterocycles. The lowest BCUT2D eigenvalue weighted by molar-refractivity contribution is -0.292. The Labute approximate surface area is 86.9 Å². The van der Waals surface area contributed by atoms with E-state index in [-0.39, 0.29) is 5.57 Å². The summed E-state index contributed by atoms with van der Waals surface area (Å²) in [4.78, 5) is 10.6. The first-order chi connectivity index (χ1) is 6.96. The molecule has 0 aliphatic rings. The lowest BCUT2D eigenvalue weighted by Gasteiger charge is -2.22. The van der Waals surface area contributed by atoms with Gasteiger partial charge in [-0.3, -0.25) is 0 Å². The van der Waals surface area contributed by atoms with Crippen LogP contribution in [0.2, 0.25) is 0 Å². The molecule has 0 saturated heterocycles. The van der Waals surface area contributed by atoms with E-state index >= 15 is 0 Å². The maximum Gasteiger partial charge on any atom is 0.403 e. The van der Waals surface area contributed by atoms with Crippen LogP contribution in [0.15, 0.2) is 12.2 Å². The molecule has 0 amide bonds. The number of carbonyl (C=O) groups is 1. The zero-order chi connectivity index (χ0) is 13.1. The Morgan fingerprint density at radius 1 is 1.19 bits per heavy atom. The molecule has 0 atom stereocenters. The van der Waals surface area contributed by atoms with Gasteiger partial charge in [0.05, 0.1) is 0 Å². The highest BCUT2D eigenvalue weighted by molar-refractivity contribution is 5.86. The third kappa shape index (κ3) is 4.54. The molecule has 0 aromatic heterocycles. The lowest BCUT2D eigenvalue weighted by atomic mass is 10.1. The average Bonchev–Trinajstić information content (AvgIpc) is 1.98. The minimum Gasteiger partial charge on any atom is -0.461 e. The molecule has 0 radical (unpaired) electrons. The summed E-state index contributed by atoms with van der Waals surface area (Å²) in [6, 6.07) is 0. The number of hydrogen-bond donors (Lipinski definition) is 0. The predicted molar refractivity (Wildman–Crippen MR) is 41.4 cm³/mol. The van der Waals surface area contributed by atoms with E-state index in [2.05, 4.69) is 11.3 Å². The molecule has 0 aromatic rings. The number of esters is 1. The molecule has 0 fully saturated rings. The van der Waals surface area contributed by atoms with E-state index in [0.717, 1.165) is 6.92 Å². The quantitative estimate of drug-likeness (QED) is 0.437. The molecule has 0 heterocycles. The zero-order valence-electron chi connectivity index (χ0n) is 8.08. The maximum absolute atomic E-state index is 11.9. The van der Waals surface area contributed by atoms with Gasteiger partial charge in [-0.2, -0.15) is 26.3 Å². The van der Waals surface area contributed by atoms with Crippen LogP contribution in [-0.4, -0.2) is 24.9 Å². The van der Waals surface area contributed by atoms with Crippen LogP contribution in [0.25, 0.3) is 0 Å². The molecule has 0 aliphatic carbocycles. The third-order valence-electron chi connectivity index (χ3n) is 1.52. The van der Waals surface area contributed by atoms with Crippen LogP contribution in [0, 0.1) is 5.92 Å². The number of carbonyl (C=O) groups excluding carboxylic acids is 1. The van der Waals surface area contributed by atoms with Gasteiger partial charge in [0.15, 0.2) is 5.92 Å². The number of halogens is 6. The molecule has 0 saturated carbocycles. The highest BCUT2D eigenvalue weighted by Crippen LogP contribution is 2.39.